The number of amides is 3. The van der Waals surface area contributed by atoms with Crippen LogP contribution < -0.4 is 10.6 Å². The van der Waals surface area contributed by atoms with Crippen LogP contribution in [0.2, 0.25) is 5.02 Å². The summed E-state index contributed by atoms with van der Waals surface area (Å²) >= 11 is 5.90. The average Bonchev–Trinajstić information content (AvgIpc) is 3.20. The van der Waals surface area contributed by atoms with Gasteiger partial charge in [0.1, 0.15) is 5.76 Å². The molecule has 0 radical (unpaired) electrons. The minimum absolute atomic E-state index is 0.0353. The molecule has 0 bridgehead atoms. The van der Waals surface area contributed by atoms with Gasteiger partial charge in [-0.3, -0.25) is 4.79 Å². The Hall–Kier alpha value is -2.47. The lowest BCUT2D eigenvalue weighted by atomic mass is 9.95. The number of benzene rings is 1. The molecule has 1 aromatic carbocycles. The van der Waals surface area contributed by atoms with E-state index in [-0.39, 0.29) is 23.9 Å². The van der Waals surface area contributed by atoms with E-state index in [4.69, 9.17) is 16.0 Å². The number of likely N-dealkylation sites (tertiary alicyclic amines) is 1. The smallest absolute Gasteiger partial charge is 0.317 e. The van der Waals surface area contributed by atoms with Gasteiger partial charge in [-0.2, -0.15) is 0 Å². The average molecular weight is 390 g/mol. The topological polar surface area (TPSA) is 74.6 Å². The number of carbonyl (C=O) groups excluding carboxylic acids is 2. The van der Waals surface area contributed by atoms with Crippen molar-refractivity contribution in [3.63, 3.8) is 0 Å². The van der Waals surface area contributed by atoms with Crippen molar-refractivity contribution in [1.82, 2.24) is 15.5 Å². The molecule has 1 aliphatic heterocycles. The maximum atomic E-state index is 12.5. The van der Waals surface area contributed by atoms with Crippen LogP contribution in [0.4, 0.5) is 4.79 Å². The third-order valence-corrected chi connectivity index (χ3v) is 5.13. The molecule has 0 aliphatic carbocycles. The normalized spacial score (nSPS) is 16.0. The Balaban J connectivity index is 1.43. The fraction of sp³-hybridized carbons (Fsp3) is 0.400. The molecule has 2 N–H and O–H groups in total. The van der Waals surface area contributed by atoms with Gasteiger partial charge in [0.2, 0.25) is 5.91 Å². The summed E-state index contributed by atoms with van der Waals surface area (Å²) in [7, 11) is 0. The first-order valence-electron chi connectivity index (χ1n) is 9.14. The Kier molecular flexibility index (Phi) is 6.40. The minimum Gasteiger partial charge on any atom is -0.467 e. The molecule has 3 rings (SSSR count). The standard InChI is InChI=1S/C20H24ClN3O3/c1-14(15-4-6-17(21)7-5-15)23-19(25)16-8-10-24(11-9-16)20(26)22-13-18-3-2-12-27-18/h2-7,12,14,16H,8-11,13H2,1H3,(H,22,26)(H,23,25)/t14-/m1/s1. The highest BCUT2D eigenvalue weighted by Gasteiger charge is 2.28. The predicted molar refractivity (Wildman–Crippen MR) is 103 cm³/mol. The number of halogens is 1. The van der Waals surface area contributed by atoms with Gasteiger partial charge >= 0.3 is 6.03 Å². The van der Waals surface area contributed by atoms with E-state index in [1.165, 1.54) is 0 Å². The van der Waals surface area contributed by atoms with Crippen LogP contribution in [0.5, 0.6) is 0 Å². The second-order valence-electron chi connectivity index (χ2n) is 6.78. The van der Waals surface area contributed by atoms with Crippen molar-refractivity contribution >= 4 is 23.5 Å². The molecule has 1 atom stereocenters. The highest BCUT2D eigenvalue weighted by molar-refractivity contribution is 6.30. The third kappa shape index (κ3) is 5.26. The van der Waals surface area contributed by atoms with Crippen molar-refractivity contribution in [3.8, 4) is 0 Å². The number of nitrogens with zero attached hydrogens (tertiary/aromatic N) is 1. The van der Waals surface area contributed by atoms with Crippen LogP contribution in [0.15, 0.2) is 47.1 Å². The maximum Gasteiger partial charge on any atom is 0.317 e. The van der Waals surface area contributed by atoms with E-state index < -0.39 is 0 Å². The second-order valence-corrected chi connectivity index (χ2v) is 7.22. The molecule has 144 valence electrons. The van der Waals surface area contributed by atoms with Crippen LogP contribution in [0.1, 0.15) is 37.1 Å². The number of rotatable bonds is 5. The molecule has 0 unspecified atom stereocenters. The molecule has 2 heterocycles. The van der Waals surface area contributed by atoms with Gasteiger partial charge in [0.05, 0.1) is 18.8 Å². The molecule has 2 aromatic rings. The van der Waals surface area contributed by atoms with Gasteiger partial charge < -0.3 is 20.0 Å². The van der Waals surface area contributed by atoms with Crippen molar-refractivity contribution in [2.24, 2.45) is 5.92 Å². The Labute approximate surface area is 163 Å². The number of urea groups is 1. The number of nitrogens with one attached hydrogen (secondary N) is 2. The zero-order chi connectivity index (χ0) is 19.2. The summed E-state index contributed by atoms with van der Waals surface area (Å²) in [4.78, 5) is 26.5. The lowest BCUT2D eigenvalue weighted by Gasteiger charge is -2.32. The lowest BCUT2D eigenvalue weighted by Crippen LogP contribution is -2.46. The maximum absolute atomic E-state index is 12.5. The summed E-state index contributed by atoms with van der Waals surface area (Å²) in [6.07, 6.45) is 2.90. The van der Waals surface area contributed by atoms with E-state index in [0.717, 1.165) is 5.56 Å². The zero-order valence-electron chi connectivity index (χ0n) is 15.3. The number of furan rings is 1. The molecule has 1 aromatic heterocycles. The second kappa shape index (κ2) is 8.95. The highest BCUT2D eigenvalue weighted by atomic mass is 35.5. The quantitative estimate of drug-likeness (QED) is 0.818. The summed E-state index contributed by atoms with van der Waals surface area (Å²) < 4.78 is 5.21. The Morgan fingerprint density at radius 1 is 1.22 bits per heavy atom. The van der Waals surface area contributed by atoms with Crippen molar-refractivity contribution in [2.45, 2.75) is 32.4 Å². The van der Waals surface area contributed by atoms with Crippen LogP contribution in [-0.4, -0.2) is 29.9 Å². The Bertz CT molecular complexity index is 753. The molecule has 1 saturated heterocycles. The molecule has 27 heavy (non-hydrogen) atoms. The summed E-state index contributed by atoms with van der Waals surface area (Å²) in [5.41, 5.74) is 1.02. The minimum atomic E-state index is -0.125. The molecular weight excluding hydrogens is 366 g/mol. The molecule has 0 spiro atoms. The first-order chi connectivity index (χ1) is 13.0. The summed E-state index contributed by atoms with van der Waals surface area (Å²) in [5, 5.41) is 6.57. The summed E-state index contributed by atoms with van der Waals surface area (Å²) in [5.74, 6) is 0.677. The van der Waals surface area contributed by atoms with Crippen LogP contribution in [0, 0.1) is 5.92 Å². The Morgan fingerprint density at radius 3 is 2.56 bits per heavy atom. The SMILES string of the molecule is C[C@@H](NC(=O)C1CCN(C(=O)NCc2ccco2)CC1)c1ccc(Cl)cc1. The first-order valence-corrected chi connectivity index (χ1v) is 9.51. The molecule has 1 aliphatic rings. The molecule has 3 amide bonds. The summed E-state index contributed by atoms with van der Waals surface area (Å²) in [6, 6.07) is 10.9. The molecule has 1 fully saturated rings. The monoisotopic (exact) mass is 389 g/mol. The van der Waals surface area contributed by atoms with Crippen molar-refractivity contribution in [2.75, 3.05) is 13.1 Å². The van der Waals surface area contributed by atoms with E-state index >= 15 is 0 Å². The van der Waals surface area contributed by atoms with Crippen LogP contribution in [-0.2, 0) is 11.3 Å². The van der Waals surface area contributed by atoms with E-state index in [0.29, 0.717) is 43.3 Å². The first kappa shape index (κ1) is 19.3. The van der Waals surface area contributed by atoms with E-state index in [9.17, 15) is 9.59 Å². The number of piperidine rings is 1. The van der Waals surface area contributed by atoms with Crippen molar-refractivity contribution < 1.29 is 14.0 Å². The number of hydrogen-bond acceptors (Lipinski definition) is 3. The van der Waals surface area contributed by atoms with Crippen LogP contribution in [0.25, 0.3) is 0 Å². The predicted octanol–water partition coefficient (Wildman–Crippen LogP) is 3.73. The van der Waals surface area contributed by atoms with Gasteiger partial charge in [-0.15, -0.1) is 0 Å². The largest absolute Gasteiger partial charge is 0.467 e. The number of hydrogen-bond donors (Lipinski definition) is 2. The van der Waals surface area contributed by atoms with E-state index in [1.54, 1.807) is 17.2 Å². The fourth-order valence-electron chi connectivity index (χ4n) is 3.20. The van der Waals surface area contributed by atoms with Gasteiger partial charge in [-0.25, -0.2) is 4.79 Å². The van der Waals surface area contributed by atoms with Crippen molar-refractivity contribution in [3.05, 3.63) is 59.0 Å². The molecular formula is C20H24ClN3O3. The molecule has 7 heteroatoms. The van der Waals surface area contributed by atoms with Gasteiger partial charge in [0.25, 0.3) is 0 Å². The van der Waals surface area contributed by atoms with E-state index in [1.807, 2.05) is 37.3 Å². The lowest BCUT2D eigenvalue weighted by molar-refractivity contribution is -0.126. The van der Waals surface area contributed by atoms with Crippen molar-refractivity contribution in [1.29, 1.82) is 0 Å². The Morgan fingerprint density at radius 2 is 1.93 bits per heavy atom. The van der Waals surface area contributed by atoms with Crippen LogP contribution >= 0.6 is 11.6 Å². The zero-order valence-corrected chi connectivity index (χ0v) is 16.0. The fourth-order valence-corrected chi connectivity index (χ4v) is 3.32. The highest BCUT2D eigenvalue weighted by Crippen LogP contribution is 2.21. The third-order valence-electron chi connectivity index (χ3n) is 4.88. The van der Waals surface area contributed by atoms with Crippen LogP contribution in [0.3, 0.4) is 0 Å². The van der Waals surface area contributed by atoms with Gasteiger partial charge in [0.15, 0.2) is 0 Å². The summed E-state index contributed by atoms with van der Waals surface area (Å²) in [6.45, 7) is 3.46. The molecule has 0 saturated carbocycles. The van der Waals surface area contributed by atoms with Gasteiger partial charge in [-0.05, 0) is 49.6 Å². The van der Waals surface area contributed by atoms with E-state index in [2.05, 4.69) is 10.6 Å². The van der Waals surface area contributed by atoms with Gasteiger partial charge in [-0.1, -0.05) is 23.7 Å². The van der Waals surface area contributed by atoms with Gasteiger partial charge in [0, 0.05) is 24.0 Å². The molecule has 6 nitrogen and oxygen atoms in total. The number of carbonyl (C=O) groups is 2.